The van der Waals surface area contributed by atoms with Gasteiger partial charge in [-0.05, 0) is 74.6 Å². The van der Waals surface area contributed by atoms with Gasteiger partial charge < -0.3 is 19.9 Å². The SMILES string of the molecule is C=C1/C=C\C=C/C[C@H](Oc2ccc3nnc(N4CCCCC4)n3c2)CC[C@@H]1NC(=O)Nc1cc(C(C)(C)C)nn1-c1ccc(CN2CCN(C)CC2)cc1. The predicted molar refractivity (Wildman–Crippen MR) is 216 cm³/mol. The number of anilines is 2. The highest BCUT2D eigenvalue weighted by Gasteiger charge is 2.24. The first-order chi connectivity index (χ1) is 26.1. The molecule has 0 bridgehead atoms. The maximum Gasteiger partial charge on any atom is 0.320 e. The summed E-state index contributed by atoms with van der Waals surface area (Å²) >= 11 is 0. The summed E-state index contributed by atoms with van der Waals surface area (Å²) in [7, 11) is 2.18. The number of hydrogen-bond donors (Lipinski definition) is 2. The number of amides is 2. The van der Waals surface area contributed by atoms with Crippen LogP contribution in [0.4, 0.5) is 16.6 Å². The number of pyridine rings is 1. The molecule has 3 aromatic heterocycles. The predicted octanol–water partition coefficient (Wildman–Crippen LogP) is 6.74. The quantitative estimate of drug-likeness (QED) is 0.205. The van der Waals surface area contributed by atoms with E-state index in [1.54, 1.807) is 0 Å². The second-order valence-corrected chi connectivity index (χ2v) is 16.0. The van der Waals surface area contributed by atoms with Crippen LogP contribution in [0.3, 0.4) is 0 Å². The van der Waals surface area contributed by atoms with Gasteiger partial charge >= 0.3 is 6.03 Å². The molecule has 7 rings (SSSR count). The lowest BCUT2D eigenvalue weighted by Gasteiger charge is -2.32. The Morgan fingerprint density at radius 1 is 0.944 bits per heavy atom. The van der Waals surface area contributed by atoms with Gasteiger partial charge in [-0.3, -0.25) is 14.6 Å². The Balaban J connectivity index is 1.03. The van der Waals surface area contributed by atoms with E-state index in [4.69, 9.17) is 9.84 Å². The number of piperazine rings is 1. The van der Waals surface area contributed by atoms with Crippen LogP contribution in [0.2, 0.25) is 0 Å². The fourth-order valence-electron chi connectivity index (χ4n) is 7.31. The molecular weight excluding hydrogens is 677 g/mol. The van der Waals surface area contributed by atoms with Crippen molar-refractivity contribution in [3.63, 3.8) is 0 Å². The second-order valence-electron chi connectivity index (χ2n) is 16.0. The number of ether oxygens (including phenoxy) is 1. The van der Waals surface area contributed by atoms with Crippen molar-refractivity contribution >= 4 is 23.4 Å². The number of urea groups is 1. The van der Waals surface area contributed by atoms with Gasteiger partial charge in [-0.1, -0.05) is 63.8 Å². The largest absolute Gasteiger partial charge is 0.489 e. The lowest BCUT2D eigenvalue weighted by Crippen LogP contribution is -2.43. The standard InChI is InChI=1S/C42H56N10O2/c1-31-12-8-6-9-13-34(54-35-19-21-38-45-46-41(51(38)30-35)50-22-10-7-11-23-50)18-20-36(31)43-40(53)44-39-28-37(42(2,3)4)47-52(39)33-16-14-32(15-17-33)29-49-26-24-48(5)25-27-49/h6,8-9,12,14-17,19,21,28,30,34,36H,1,7,10-11,13,18,20,22-27,29H2,2-5H3,(H2,43,44,53)/b9-6-,12-8-/t34-,36-/m0/s1. The summed E-state index contributed by atoms with van der Waals surface area (Å²) < 4.78 is 10.5. The number of fused-ring (bicyclic) bond motifs is 1. The number of nitrogens with one attached hydrogen (secondary N) is 2. The maximum atomic E-state index is 13.8. The van der Waals surface area contributed by atoms with E-state index in [0.717, 1.165) is 86.5 Å². The molecule has 2 atom stereocenters. The molecular formula is C42H56N10O2. The third kappa shape index (κ3) is 9.22. The molecule has 1 aromatic carbocycles. The van der Waals surface area contributed by atoms with Gasteiger partial charge in [0.15, 0.2) is 5.65 Å². The van der Waals surface area contributed by atoms with Crippen molar-refractivity contribution in [1.82, 2.24) is 39.5 Å². The number of carbonyl (C=O) groups is 1. The molecule has 2 fully saturated rings. The van der Waals surface area contributed by atoms with Crippen LogP contribution in [0.5, 0.6) is 5.75 Å². The van der Waals surface area contributed by atoms with Crippen molar-refractivity contribution in [1.29, 1.82) is 0 Å². The van der Waals surface area contributed by atoms with Crippen molar-refractivity contribution < 1.29 is 9.53 Å². The number of carbonyl (C=O) groups excluding carboxylic acids is 1. The molecule has 0 unspecified atom stereocenters. The maximum absolute atomic E-state index is 13.8. The van der Waals surface area contributed by atoms with Crippen LogP contribution in [0, 0.1) is 0 Å². The van der Waals surface area contributed by atoms with E-state index in [1.807, 2.05) is 51.7 Å². The zero-order valence-electron chi connectivity index (χ0n) is 32.4. The van der Waals surface area contributed by atoms with Crippen molar-refractivity contribution in [2.24, 2.45) is 0 Å². The molecule has 2 saturated heterocycles. The van der Waals surface area contributed by atoms with E-state index in [1.165, 1.54) is 24.8 Å². The van der Waals surface area contributed by atoms with E-state index in [9.17, 15) is 4.79 Å². The summed E-state index contributed by atoms with van der Waals surface area (Å²) in [6.45, 7) is 17.9. The normalized spacial score (nSPS) is 21.9. The molecule has 2 aliphatic heterocycles. The molecule has 0 saturated carbocycles. The smallest absolute Gasteiger partial charge is 0.320 e. The third-order valence-corrected chi connectivity index (χ3v) is 10.7. The fraction of sp³-hybridized carbons (Fsp3) is 0.476. The minimum atomic E-state index is -0.309. The van der Waals surface area contributed by atoms with E-state index >= 15 is 0 Å². The highest BCUT2D eigenvalue weighted by molar-refractivity contribution is 5.89. The average Bonchev–Trinajstić information content (AvgIpc) is 3.79. The van der Waals surface area contributed by atoms with Crippen LogP contribution < -0.4 is 20.3 Å². The second kappa shape index (κ2) is 16.6. The molecule has 0 radical (unpaired) electrons. The minimum Gasteiger partial charge on any atom is -0.489 e. The monoisotopic (exact) mass is 732 g/mol. The third-order valence-electron chi connectivity index (χ3n) is 10.7. The first-order valence-corrected chi connectivity index (χ1v) is 19.6. The average molecular weight is 733 g/mol. The van der Waals surface area contributed by atoms with E-state index < -0.39 is 0 Å². The number of likely N-dealkylation sites (N-methyl/N-ethyl adjacent to an activating group) is 1. The Hall–Kier alpha value is -4.94. The number of rotatable bonds is 8. The van der Waals surface area contributed by atoms with Crippen LogP contribution in [0.15, 0.2) is 85.1 Å². The molecule has 2 amide bonds. The number of nitrogens with zero attached hydrogens (tertiary/aromatic N) is 8. The molecule has 4 aromatic rings. The number of benzene rings is 1. The summed E-state index contributed by atoms with van der Waals surface area (Å²) in [6, 6.07) is 13.8. The molecule has 12 heteroatoms. The molecule has 286 valence electrons. The molecule has 54 heavy (non-hydrogen) atoms. The summed E-state index contributed by atoms with van der Waals surface area (Å²) in [4.78, 5) is 20.9. The number of piperidine rings is 1. The van der Waals surface area contributed by atoms with Gasteiger partial charge in [0.25, 0.3) is 0 Å². The number of allylic oxidation sites excluding steroid dienone is 2. The van der Waals surface area contributed by atoms with E-state index in [-0.39, 0.29) is 23.6 Å². The van der Waals surface area contributed by atoms with E-state index in [2.05, 4.69) is 100 Å². The number of hydrogen-bond acceptors (Lipinski definition) is 8. The Bertz CT molecular complexity index is 1960. The van der Waals surface area contributed by atoms with Crippen molar-refractivity contribution in [2.75, 3.05) is 56.5 Å². The fourth-order valence-corrected chi connectivity index (χ4v) is 7.31. The van der Waals surface area contributed by atoms with Gasteiger partial charge in [-0.15, -0.1) is 10.2 Å². The first-order valence-electron chi connectivity index (χ1n) is 19.6. The van der Waals surface area contributed by atoms with Gasteiger partial charge in [0.05, 0.1) is 23.6 Å². The zero-order valence-corrected chi connectivity index (χ0v) is 32.4. The summed E-state index contributed by atoms with van der Waals surface area (Å²) in [5, 5.41) is 20.2. The van der Waals surface area contributed by atoms with Crippen LogP contribution >= 0.6 is 0 Å². The lowest BCUT2D eigenvalue weighted by atomic mass is 9.92. The Morgan fingerprint density at radius 2 is 1.72 bits per heavy atom. The Kier molecular flexibility index (Phi) is 11.5. The molecule has 2 N–H and O–H groups in total. The molecule has 3 aliphatic rings. The van der Waals surface area contributed by atoms with Gasteiger partial charge in [0, 0.05) is 63.7 Å². The summed E-state index contributed by atoms with van der Waals surface area (Å²) in [5.41, 5.74) is 4.48. The van der Waals surface area contributed by atoms with Crippen molar-refractivity contribution in [3.8, 4) is 11.4 Å². The van der Waals surface area contributed by atoms with Crippen LogP contribution in [-0.2, 0) is 12.0 Å². The Labute approximate surface area is 319 Å². The molecule has 0 spiro atoms. The molecule has 1 aliphatic carbocycles. The zero-order chi connectivity index (χ0) is 37.7. The van der Waals surface area contributed by atoms with Crippen LogP contribution in [0.25, 0.3) is 11.3 Å². The topological polar surface area (TPSA) is 108 Å². The highest BCUT2D eigenvalue weighted by atomic mass is 16.5. The van der Waals surface area contributed by atoms with Gasteiger partial charge in [-0.25, -0.2) is 9.48 Å². The van der Waals surface area contributed by atoms with Crippen LogP contribution in [0.1, 0.15) is 70.6 Å². The van der Waals surface area contributed by atoms with Gasteiger partial charge in [-0.2, -0.15) is 5.10 Å². The first kappa shape index (κ1) is 37.4. The van der Waals surface area contributed by atoms with Gasteiger partial charge in [0.2, 0.25) is 5.95 Å². The van der Waals surface area contributed by atoms with Crippen molar-refractivity contribution in [3.05, 3.63) is 96.4 Å². The van der Waals surface area contributed by atoms with E-state index in [0.29, 0.717) is 18.7 Å². The van der Waals surface area contributed by atoms with Crippen LogP contribution in [-0.4, -0.2) is 98.7 Å². The molecule has 5 heterocycles. The lowest BCUT2D eigenvalue weighted by molar-refractivity contribution is 0.148. The summed E-state index contributed by atoms with van der Waals surface area (Å²) in [5.74, 6) is 2.25. The van der Waals surface area contributed by atoms with Crippen molar-refractivity contribution in [2.45, 2.75) is 83.4 Å². The van der Waals surface area contributed by atoms with Gasteiger partial charge in [0.1, 0.15) is 17.7 Å². The molecule has 12 nitrogen and oxygen atoms in total. The number of aromatic nitrogens is 5. The summed E-state index contributed by atoms with van der Waals surface area (Å²) in [6.07, 6.45) is 15.7. The highest BCUT2D eigenvalue weighted by Crippen LogP contribution is 2.28. The Morgan fingerprint density at radius 3 is 2.48 bits per heavy atom. The minimum absolute atomic E-state index is 0.102.